The van der Waals surface area contributed by atoms with Gasteiger partial charge in [-0.2, -0.15) is 0 Å². The third-order valence-corrected chi connectivity index (χ3v) is 6.87. The molecule has 0 aromatic heterocycles. The molecule has 0 heterocycles. The molecule has 0 aliphatic rings. The number of rotatable bonds is 25. The molecular formula is C31H60O4. The Morgan fingerprint density at radius 3 is 1.43 bits per heavy atom. The average Bonchev–Trinajstić information content (AvgIpc) is 2.81. The Kier molecular flexibility index (Phi) is 23.9. The molecule has 1 atom stereocenters. The van der Waals surface area contributed by atoms with E-state index in [1.807, 2.05) is 0 Å². The summed E-state index contributed by atoms with van der Waals surface area (Å²) in [7, 11) is 0. The lowest BCUT2D eigenvalue weighted by Gasteiger charge is -2.14. The highest BCUT2D eigenvalue weighted by atomic mass is 16.5. The molecule has 0 N–H and O–H groups in total. The molecule has 4 heteroatoms. The van der Waals surface area contributed by atoms with Crippen molar-refractivity contribution in [2.24, 2.45) is 17.8 Å². The van der Waals surface area contributed by atoms with Crippen molar-refractivity contribution in [3.8, 4) is 0 Å². The maximum absolute atomic E-state index is 12.2. The first-order valence-corrected chi connectivity index (χ1v) is 15.2. The van der Waals surface area contributed by atoms with Crippen molar-refractivity contribution in [3.63, 3.8) is 0 Å². The lowest BCUT2D eigenvalue weighted by molar-refractivity contribution is -0.149. The van der Waals surface area contributed by atoms with E-state index in [0.29, 0.717) is 31.5 Å². The van der Waals surface area contributed by atoms with Crippen molar-refractivity contribution in [3.05, 3.63) is 0 Å². The number of carbonyl (C=O) groups excluding carboxylic acids is 2. The van der Waals surface area contributed by atoms with Crippen molar-refractivity contribution < 1.29 is 19.1 Å². The number of hydrogen-bond donors (Lipinski definition) is 0. The number of unbranched alkanes of at least 4 members (excludes halogenated alkanes) is 11. The summed E-state index contributed by atoms with van der Waals surface area (Å²) in [6.45, 7) is 12.1. The van der Waals surface area contributed by atoms with Gasteiger partial charge in [0.15, 0.2) is 0 Å². The zero-order valence-electron chi connectivity index (χ0n) is 24.2. The highest BCUT2D eigenvalue weighted by Crippen LogP contribution is 2.18. The zero-order valence-corrected chi connectivity index (χ0v) is 24.2. The molecule has 0 rings (SSSR count). The van der Waals surface area contributed by atoms with Gasteiger partial charge in [-0.3, -0.25) is 9.59 Å². The quantitative estimate of drug-likeness (QED) is 0.0932. The Hall–Kier alpha value is -1.06. The molecule has 0 spiro atoms. The smallest absolute Gasteiger partial charge is 0.308 e. The second-order valence-electron chi connectivity index (χ2n) is 11.3. The molecule has 0 radical (unpaired) electrons. The molecule has 0 saturated heterocycles. The summed E-state index contributed by atoms with van der Waals surface area (Å²) in [5.74, 6) is 1.45. The molecule has 208 valence electrons. The van der Waals surface area contributed by atoms with Gasteiger partial charge >= 0.3 is 11.9 Å². The number of carbonyl (C=O) groups is 2. The van der Waals surface area contributed by atoms with Gasteiger partial charge in [-0.15, -0.1) is 0 Å². The van der Waals surface area contributed by atoms with Gasteiger partial charge in [-0.25, -0.2) is 0 Å². The lowest BCUT2D eigenvalue weighted by Crippen LogP contribution is -2.18. The molecule has 0 aliphatic carbocycles. The fourth-order valence-corrected chi connectivity index (χ4v) is 4.45. The topological polar surface area (TPSA) is 52.6 Å². The van der Waals surface area contributed by atoms with E-state index in [1.54, 1.807) is 0 Å². The Bertz CT molecular complexity index is 486. The minimum absolute atomic E-state index is 0.0176. The zero-order chi connectivity index (χ0) is 26.2. The van der Waals surface area contributed by atoms with Crippen LogP contribution in [0.1, 0.15) is 157 Å². The van der Waals surface area contributed by atoms with Gasteiger partial charge in [-0.05, 0) is 56.8 Å². The van der Waals surface area contributed by atoms with Crippen LogP contribution in [0.2, 0.25) is 0 Å². The van der Waals surface area contributed by atoms with Gasteiger partial charge in [0.25, 0.3) is 0 Å². The fraction of sp³-hybridized carbons (Fsp3) is 0.935. The minimum Gasteiger partial charge on any atom is -0.466 e. The van der Waals surface area contributed by atoms with Crippen LogP contribution in [-0.2, 0) is 19.1 Å². The highest BCUT2D eigenvalue weighted by Gasteiger charge is 2.17. The van der Waals surface area contributed by atoms with E-state index in [0.717, 1.165) is 57.8 Å². The monoisotopic (exact) mass is 496 g/mol. The van der Waals surface area contributed by atoms with Crippen LogP contribution in [0.15, 0.2) is 0 Å². The van der Waals surface area contributed by atoms with Crippen LogP contribution < -0.4 is 0 Å². The first-order valence-electron chi connectivity index (χ1n) is 15.2. The largest absolute Gasteiger partial charge is 0.466 e. The molecule has 0 aromatic carbocycles. The first kappa shape index (κ1) is 33.9. The molecule has 0 fully saturated rings. The predicted molar refractivity (Wildman–Crippen MR) is 148 cm³/mol. The van der Waals surface area contributed by atoms with Gasteiger partial charge < -0.3 is 9.47 Å². The summed E-state index contributed by atoms with van der Waals surface area (Å²) in [6, 6.07) is 0. The second-order valence-corrected chi connectivity index (χ2v) is 11.3. The summed E-state index contributed by atoms with van der Waals surface area (Å²) in [6.07, 6.45) is 21.6. The Morgan fingerprint density at radius 1 is 0.543 bits per heavy atom. The van der Waals surface area contributed by atoms with E-state index in [2.05, 4.69) is 34.6 Å². The molecule has 0 aliphatic heterocycles. The van der Waals surface area contributed by atoms with E-state index in [4.69, 9.17) is 9.47 Å². The predicted octanol–water partition coefficient (Wildman–Crippen LogP) is 9.43. The Labute approximate surface area is 218 Å². The van der Waals surface area contributed by atoms with E-state index < -0.39 is 0 Å². The van der Waals surface area contributed by atoms with Crippen LogP contribution in [0.25, 0.3) is 0 Å². The molecule has 35 heavy (non-hydrogen) atoms. The van der Waals surface area contributed by atoms with Crippen LogP contribution in [0.4, 0.5) is 0 Å². The van der Waals surface area contributed by atoms with Crippen LogP contribution in [0.3, 0.4) is 0 Å². The van der Waals surface area contributed by atoms with E-state index in [9.17, 15) is 9.59 Å². The molecule has 0 saturated carbocycles. The third kappa shape index (κ3) is 24.4. The molecule has 0 bridgehead atoms. The molecule has 1 unspecified atom stereocenters. The van der Waals surface area contributed by atoms with Crippen LogP contribution in [0.5, 0.6) is 0 Å². The lowest BCUT2D eigenvalue weighted by atomic mass is 9.97. The van der Waals surface area contributed by atoms with Gasteiger partial charge in [0, 0.05) is 6.42 Å². The summed E-state index contributed by atoms with van der Waals surface area (Å²) < 4.78 is 10.8. The Balaban J connectivity index is 3.41. The minimum atomic E-state index is -0.0176. The summed E-state index contributed by atoms with van der Waals surface area (Å²) >= 11 is 0. The number of hydrogen-bond acceptors (Lipinski definition) is 4. The van der Waals surface area contributed by atoms with Gasteiger partial charge in [0.1, 0.15) is 0 Å². The van der Waals surface area contributed by atoms with Gasteiger partial charge in [0.05, 0.1) is 19.1 Å². The maximum Gasteiger partial charge on any atom is 0.308 e. The maximum atomic E-state index is 12.2. The van der Waals surface area contributed by atoms with E-state index in [-0.39, 0.29) is 17.9 Å². The Morgan fingerprint density at radius 2 is 0.971 bits per heavy atom. The van der Waals surface area contributed by atoms with Crippen molar-refractivity contribution in [2.75, 3.05) is 13.2 Å². The van der Waals surface area contributed by atoms with Crippen molar-refractivity contribution in [2.45, 2.75) is 157 Å². The fourth-order valence-electron chi connectivity index (χ4n) is 4.45. The standard InChI is InChI=1S/C31H60O4/c1-6-29(31(33)35-26-20-22-28(4)5)23-17-15-13-11-9-7-8-10-12-14-16-18-24-30(32)34-25-19-21-27(2)3/h27-29H,6-26H2,1-5H3. The summed E-state index contributed by atoms with van der Waals surface area (Å²) in [4.78, 5) is 23.9. The third-order valence-electron chi connectivity index (χ3n) is 6.87. The van der Waals surface area contributed by atoms with E-state index in [1.165, 1.54) is 57.8 Å². The molecule has 0 aromatic rings. The van der Waals surface area contributed by atoms with Gasteiger partial charge in [-0.1, -0.05) is 105 Å². The summed E-state index contributed by atoms with van der Waals surface area (Å²) in [5, 5.41) is 0. The van der Waals surface area contributed by atoms with Crippen LogP contribution in [0, 0.1) is 17.8 Å². The summed E-state index contributed by atoms with van der Waals surface area (Å²) in [5.41, 5.74) is 0. The number of esters is 2. The SMILES string of the molecule is CCC(CCCCCCCCCCCCCCC(=O)OCCCC(C)C)C(=O)OCCCC(C)C. The first-order chi connectivity index (χ1) is 16.9. The van der Waals surface area contributed by atoms with Crippen molar-refractivity contribution in [1.82, 2.24) is 0 Å². The molecule has 0 amide bonds. The van der Waals surface area contributed by atoms with Crippen molar-refractivity contribution in [1.29, 1.82) is 0 Å². The average molecular weight is 497 g/mol. The second kappa shape index (κ2) is 24.6. The highest BCUT2D eigenvalue weighted by molar-refractivity contribution is 5.72. The van der Waals surface area contributed by atoms with Gasteiger partial charge in [0.2, 0.25) is 0 Å². The number of ether oxygens (including phenoxy) is 2. The van der Waals surface area contributed by atoms with Crippen LogP contribution >= 0.6 is 0 Å². The van der Waals surface area contributed by atoms with Crippen LogP contribution in [-0.4, -0.2) is 25.2 Å². The van der Waals surface area contributed by atoms with Crippen molar-refractivity contribution >= 4 is 11.9 Å². The molecule has 4 nitrogen and oxygen atoms in total. The molecular weight excluding hydrogens is 436 g/mol. The van der Waals surface area contributed by atoms with E-state index >= 15 is 0 Å². The normalized spacial score (nSPS) is 12.3.